The summed E-state index contributed by atoms with van der Waals surface area (Å²) in [7, 11) is 0. The van der Waals surface area contributed by atoms with Gasteiger partial charge in [-0.1, -0.05) is 37.1 Å². The molecule has 1 heterocycles. The van der Waals surface area contributed by atoms with Crippen LogP contribution in [0.15, 0.2) is 42.6 Å². The van der Waals surface area contributed by atoms with Gasteiger partial charge in [0.1, 0.15) is 5.82 Å². The van der Waals surface area contributed by atoms with Gasteiger partial charge in [-0.25, -0.2) is 4.98 Å². The number of benzene rings is 1. The molecule has 98 valence electrons. The smallest absolute Gasteiger partial charge is 0.256 e. The molecule has 0 unspecified atom stereocenters. The predicted octanol–water partition coefficient (Wildman–Crippen LogP) is 3.94. The highest BCUT2D eigenvalue weighted by atomic mass is 35.5. The van der Waals surface area contributed by atoms with Gasteiger partial charge >= 0.3 is 0 Å². The average molecular weight is 275 g/mol. The van der Waals surface area contributed by atoms with Crippen LogP contribution in [0.5, 0.6) is 0 Å². The van der Waals surface area contributed by atoms with Crippen molar-refractivity contribution >= 4 is 23.3 Å². The zero-order chi connectivity index (χ0) is 13.7. The van der Waals surface area contributed by atoms with Crippen LogP contribution < -0.4 is 5.32 Å². The van der Waals surface area contributed by atoms with E-state index in [9.17, 15) is 4.79 Å². The van der Waals surface area contributed by atoms with Gasteiger partial charge in [0.25, 0.3) is 5.91 Å². The quantitative estimate of drug-likeness (QED) is 0.917. The SMILES string of the molecule is CCCc1ccc(C(=O)Nc2ccc(Cl)cn2)cc1. The third-order valence-electron chi connectivity index (χ3n) is 2.72. The molecule has 0 saturated carbocycles. The maximum absolute atomic E-state index is 12.0. The van der Waals surface area contributed by atoms with E-state index in [-0.39, 0.29) is 5.91 Å². The van der Waals surface area contributed by atoms with E-state index in [2.05, 4.69) is 17.2 Å². The van der Waals surface area contributed by atoms with E-state index in [0.717, 1.165) is 12.8 Å². The highest BCUT2D eigenvalue weighted by molar-refractivity contribution is 6.30. The number of hydrogen-bond donors (Lipinski definition) is 1. The van der Waals surface area contributed by atoms with E-state index in [0.29, 0.717) is 16.4 Å². The Balaban J connectivity index is 2.05. The van der Waals surface area contributed by atoms with Gasteiger partial charge in [-0.05, 0) is 36.2 Å². The molecule has 2 rings (SSSR count). The fraction of sp³-hybridized carbons (Fsp3) is 0.200. The van der Waals surface area contributed by atoms with E-state index in [1.807, 2.05) is 24.3 Å². The summed E-state index contributed by atoms with van der Waals surface area (Å²) in [6.07, 6.45) is 3.63. The molecule has 1 N–H and O–H groups in total. The number of aryl methyl sites for hydroxylation is 1. The number of hydrogen-bond acceptors (Lipinski definition) is 2. The topological polar surface area (TPSA) is 42.0 Å². The van der Waals surface area contributed by atoms with E-state index in [1.54, 1.807) is 12.1 Å². The van der Waals surface area contributed by atoms with Gasteiger partial charge in [-0.2, -0.15) is 0 Å². The first kappa shape index (κ1) is 13.6. The second kappa shape index (κ2) is 6.34. The molecule has 0 aliphatic heterocycles. The second-order valence-electron chi connectivity index (χ2n) is 4.26. The molecule has 19 heavy (non-hydrogen) atoms. The summed E-state index contributed by atoms with van der Waals surface area (Å²) in [6, 6.07) is 11.0. The number of anilines is 1. The van der Waals surface area contributed by atoms with Crippen molar-refractivity contribution in [3.05, 3.63) is 58.7 Å². The lowest BCUT2D eigenvalue weighted by Gasteiger charge is -2.05. The number of pyridine rings is 1. The van der Waals surface area contributed by atoms with Crippen molar-refractivity contribution in [1.29, 1.82) is 0 Å². The normalized spacial score (nSPS) is 10.2. The van der Waals surface area contributed by atoms with Crippen LogP contribution in [0, 0.1) is 0 Å². The van der Waals surface area contributed by atoms with Crippen LogP contribution in [0.4, 0.5) is 5.82 Å². The first-order valence-corrected chi connectivity index (χ1v) is 6.58. The summed E-state index contributed by atoms with van der Waals surface area (Å²) in [4.78, 5) is 16.0. The fourth-order valence-electron chi connectivity index (χ4n) is 1.75. The van der Waals surface area contributed by atoms with Crippen molar-refractivity contribution < 1.29 is 4.79 Å². The molecule has 3 nitrogen and oxygen atoms in total. The molecule has 0 fully saturated rings. The van der Waals surface area contributed by atoms with Gasteiger partial charge in [0.05, 0.1) is 5.02 Å². The average Bonchev–Trinajstić information content (AvgIpc) is 2.42. The van der Waals surface area contributed by atoms with Crippen LogP contribution in [0.2, 0.25) is 5.02 Å². The van der Waals surface area contributed by atoms with Crippen molar-refractivity contribution in [1.82, 2.24) is 4.98 Å². The van der Waals surface area contributed by atoms with E-state index < -0.39 is 0 Å². The number of amides is 1. The lowest BCUT2D eigenvalue weighted by atomic mass is 10.1. The summed E-state index contributed by atoms with van der Waals surface area (Å²) in [5.41, 5.74) is 1.86. The standard InChI is InChI=1S/C15H15ClN2O/c1-2-3-11-4-6-12(7-5-11)15(19)18-14-9-8-13(16)10-17-14/h4-10H,2-3H2,1H3,(H,17,18,19). The lowest BCUT2D eigenvalue weighted by Crippen LogP contribution is -2.12. The van der Waals surface area contributed by atoms with Crippen molar-refractivity contribution in [2.24, 2.45) is 0 Å². The Morgan fingerprint density at radius 2 is 1.95 bits per heavy atom. The van der Waals surface area contributed by atoms with Gasteiger partial charge in [-0.15, -0.1) is 0 Å². The summed E-state index contributed by atoms with van der Waals surface area (Å²) in [6.45, 7) is 2.13. The summed E-state index contributed by atoms with van der Waals surface area (Å²) < 4.78 is 0. The van der Waals surface area contributed by atoms with Crippen LogP contribution in [-0.4, -0.2) is 10.9 Å². The summed E-state index contributed by atoms with van der Waals surface area (Å²) in [5.74, 6) is 0.324. The van der Waals surface area contributed by atoms with E-state index >= 15 is 0 Å². The van der Waals surface area contributed by atoms with Gasteiger partial charge in [0, 0.05) is 11.8 Å². The Bertz CT molecular complexity index is 549. The number of nitrogens with one attached hydrogen (secondary N) is 1. The molecular weight excluding hydrogens is 260 g/mol. The van der Waals surface area contributed by atoms with Crippen molar-refractivity contribution in [3.8, 4) is 0 Å². The number of carbonyl (C=O) groups is 1. The van der Waals surface area contributed by atoms with Crippen molar-refractivity contribution in [2.45, 2.75) is 19.8 Å². The van der Waals surface area contributed by atoms with Crippen LogP contribution in [0.3, 0.4) is 0 Å². The van der Waals surface area contributed by atoms with Crippen LogP contribution in [0.25, 0.3) is 0 Å². The number of aromatic nitrogens is 1. The molecule has 4 heteroatoms. The molecule has 0 bridgehead atoms. The Kier molecular flexibility index (Phi) is 4.53. The van der Waals surface area contributed by atoms with Gasteiger partial charge in [0.2, 0.25) is 0 Å². The molecule has 1 amide bonds. The van der Waals surface area contributed by atoms with Gasteiger partial charge < -0.3 is 5.32 Å². The summed E-state index contributed by atoms with van der Waals surface area (Å²) in [5, 5.41) is 3.27. The maximum Gasteiger partial charge on any atom is 0.256 e. The number of carbonyl (C=O) groups excluding carboxylic acids is 1. The Labute approximate surface area is 117 Å². The molecule has 0 aliphatic rings. The predicted molar refractivity (Wildman–Crippen MR) is 77.6 cm³/mol. The molecule has 0 spiro atoms. The Morgan fingerprint density at radius 3 is 2.53 bits per heavy atom. The zero-order valence-corrected chi connectivity index (χ0v) is 11.4. The largest absolute Gasteiger partial charge is 0.307 e. The first-order chi connectivity index (χ1) is 9.19. The minimum absolute atomic E-state index is 0.169. The Hall–Kier alpha value is -1.87. The highest BCUT2D eigenvalue weighted by Crippen LogP contribution is 2.12. The summed E-state index contributed by atoms with van der Waals surface area (Å²) >= 11 is 5.74. The second-order valence-corrected chi connectivity index (χ2v) is 4.70. The minimum Gasteiger partial charge on any atom is -0.307 e. The van der Waals surface area contributed by atoms with Gasteiger partial charge in [-0.3, -0.25) is 4.79 Å². The first-order valence-electron chi connectivity index (χ1n) is 6.21. The van der Waals surface area contributed by atoms with E-state index in [1.165, 1.54) is 11.8 Å². The molecule has 0 saturated heterocycles. The lowest BCUT2D eigenvalue weighted by molar-refractivity contribution is 0.102. The third-order valence-corrected chi connectivity index (χ3v) is 2.95. The van der Waals surface area contributed by atoms with Crippen LogP contribution >= 0.6 is 11.6 Å². The molecule has 0 atom stereocenters. The van der Waals surface area contributed by atoms with Crippen LogP contribution in [0.1, 0.15) is 29.3 Å². The zero-order valence-electron chi connectivity index (χ0n) is 10.7. The molecule has 2 aromatic rings. The Morgan fingerprint density at radius 1 is 1.21 bits per heavy atom. The maximum atomic E-state index is 12.0. The number of nitrogens with zero attached hydrogens (tertiary/aromatic N) is 1. The van der Waals surface area contributed by atoms with E-state index in [4.69, 9.17) is 11.6 Å². The van der Waals surface area contributed by atoms with Gasteiger partial charge in [0.15, 0.2) is 0 Å². The molecular formula is C15H15ClN2O. The highest BCUT2D eigenvalue weighted by Gasteiger charge is 2.06. The monoisotopic (exact) mass is 274 g/mol. The molecule has 0 radical (unpaired) electrons. The number of halogens is 1. The molecule has 0 aliphatic carbocycles. The van der Waals surface area contributed by atoms with Crippen LogP contribution in [-0.2, 0) is 6.42 Å². The molecule has 1 aromatic carbocycles. The van der Waals surface area contributed by atoms with Crippen molar-refractivity contribution in [3.63, 3.8) is 0 Å². The minimum atomic E-state index is -0.169. The third kappa shape index (κ3) is 3.80. The van der Waals surface area contributed by atoms with Crippen molar-refractivity contribution in [2.75, 3.05) is 5.32 Å². The number of rotatable bonds is 4. The fourth-order valence-corrected chi connectivity index (χ4v) is 1.86. The molecule has 1 aromatic heterocycles.